The molecular formula is C13H16O4. The first-order chi connectivity index (χ1) is 8.17. The topological polar surface area (TPSA) is 55.8 Å². The molecule has 0 aliphatic rings. The second-order valence-electron chi connectivity index (χ2n) is 3.43. The predicted molar refractivity (Wildman–Crippen MR) is 64.9 cm³/mol. The fraction of sp³-hybridized carbons (Fsp3) is 0.308. The van der Waals surface area contributed by atoms with E-state index in [4.69, 9.17) is 9.47 Å². The van der Waals surface area contributed by atoms with E-state index in [2.05, 4.69) is 0 Å². The highest BCUT2D eigenvalue weighted by Crippen LogP contribution is 2.26. The third-order valence-electron chi connectivity index (χ3n) is 2.06. The molecule has 0 radical (unpaired) electrons. The molecule has 0 fully saturated rings. The van der Waals surface area contributed by atoms with E-state index in [1.54, 1.807) is 18.2 Å². The van der Waals surface area contributed by atoms with Crippen molar-refractivity contribution in [2.45, 2.75) is 13.3 Å². The van der Waals surface area contributed by atoms with E-state index in [-0.39, 0.29) is 11.7 Å². The maximum atomic E-state index is 11.2. The third-order valence-corrected chi connectivity index (χ3v) is 2.06. The zero-order valence-electron chi connectivity index (χ0n) is 9.97. The number of hydrogen-bond acceptors (Lipinski definition) is 4. The molecule has 92 valence electrons. The van der Waals surface area contributed by atoms with Gasteiger partial charge in [0.2, 0.25) is 0 Å². The lowest BCUT2D eigenvalue weighted by Crippen LogP contribution is -2.00. The lowest BCUT2D eigenvalue weighted by Gasteiger charge is -2.03. The van der Waals surface area contributed by atoms with Gasteiger partial charge in [-0.2, -0.15) is 0 Å². The first-order valence-corrected chi connectivity index (χ1v) is 5.39. The first-order valence-electron chi connectivity index (χ1n) is 5.39. The normalized spacial score (nSPS) is 10.5. The Morgan fingerprint density at radius 2 is 2.24 bits per heavy atom. The molecule has 17 heavy (non-hydrogen) atoms. The second kappa shape index (κ2) is 6.58. The van der Waals surface area contributed by atoms with Gasteiger partial charge < -0.3 is 14.6 Å². The van der Waals surface area contributed by atoms with Crippen LogP contribution in [0.25, 0.3) is 6.08 Å². The summed E-state index contributed by atoms with van der Waals surface area (Å²) in [6.07, 6.45) is 3.76. The standard InChI is InChI=1S/C13H16O4/c1-3-8-17-13(15)7-5-10-4-6-11(14)12(9-10)16-2/h4-7,9,14H,3,8H2,1-2H3/b7-5+. The Kier molecular flexibility index (Phi) is 5.07. The van der Waals surface area contributed by atoms with E-state index < -0.39 is 0 Å². The summed E-state index contributed by atoms with van der Waals surface area (Å²) in [5.74, 6) is 0.0613. The van der Waals surface area contributed by atoms with Gasteiger partial charge in [0.1, 0.15) is 0 Å². The molecule has 0 saturated heterocycles. The van der Waals surface area contributed by atoms with Crippen LogP contribution in [0.5, 0.6) is 11.5 Å². The smallest absolute Gasteiger partial charge is 0.330 e. The number of carbonyl (C=O) groups is 1. The quantitative estimate of drug-likeness (QED) is 0.630. The molecule has 0 heterocycles. The van der Waals surface area contributed by atoms with Gasteiger partial charge in [-0.05, 0) is 30.2 Å². The maximum absolute atomic E-state index is 11.2. The number of aromatic hydroxyl groups is 1. The highest BCUT2D eigenvalue weighted by atomic mass is 16.5. The van der Waals surface area contributed by atoms with Crippen molar-refractivity contribution >= 4 is 12.0 Å². The van der Waals surface area contributed by atoms with Crippen LogP contribution in [0.15, 0.2) is 24.3 Å². The fourth-order valence-electron chi connectivity index (χ4n) is 1.21. The van der Waals surface area contributed by atoms with Crippen molar-refractivity contribution in [3.05, 3.63) is 29.8 Å². The van der Waals surface area contributed by atoms with Gasteiger partial charge in [-0.1, -0.05) is 13.0 Å². The first kappa shape index (κ1) is 13.1. The summed E-state index contributed by atoms with van der Waals surface area (Å²) >= 11 is 0. The van der Waals surface area contributed by atoms with Gasteiger partial charge in [-0.15, -0.1) is 0 Å². The van der Waals surface area contributed by atoms with Gasteiger partial charge in [-0.3, -0.25) is 0 Å². The maximum Gasteiger partial charge on any atom is 0.330 e. The largest absolute Gasteiger partial charge is 0.504 e. The summed E-state index contributed by atoms with van der Waals surface area (Å²) in [6, 6.07) is 4.83. The van der Waals surface area contributed by atoms with Crippen molar-refractivity contribution in [1.82, 2.24) is 0 Å². The van der Waals surface area contributed by atoms with Crippen LogP contribution >= 0.6 is 0 Å². The van der Waals surface area contributed by atoms with Crippen molar-refractivity contribution in [1.29, 1.82) is 0 Å². The second-order valence-corrected chi connectivity index (χ2v) is 3.43. The van der Waals surface area contributed by atoms with Gasteiger partial charge in [0.05, 0.1) is 13.7 Å². The molecule has 0 unspecified atom stereocenters. The van der Waals surface area contributed by atoms with Crippen molar-refractivity contribution in [2.75, 3.05) is 13.7 Å². The van der Waals surface area contributed by atoms with Gasteiger partial charge in [0.25, 0.3) is 0 Å². The van der Waals surface area contributed by atoms with Crippen molar-refractivity contribution in [3.8, 4) is 11.5 Å². The summed E-state index contributed by atoms with van der Waals surface area (Å²) in [5.41, 5.74) is 0.757. The molecule has 1 aromatic carbocycles. The molecule has 0 spiro atoms. The summed E-state index contributed by atoms with van der Waals surface area (Å²) in [5, 5.41) is 9.39. The number of hydrogen-bond donors (Lipinski definition) is 1. The van der Waals surface area contributed by atoms with Crippen LogP contribution in [-0.2, 0) is 9.53 Å². The molecule has 0 bridgehead atoms. The number of phenols is 1. The number of carbonyl (C=O) groups excluding carboxylic acids is 1. The Hall–Kier alpha value is -1.97. The molecule has 0 atom stereocenters. The van der Waals surface area contributed by atoms with E-state index in [1.165, 1.54) is 19.3 Å². The number of phenolic OH excluding ortho intramolecular Hbond substituents is 1. The van der Waals surface area contributed by atoms with Crippen LogP contribution in [-0.4, -0.2) is 24.8 Å². The third kappa shape index (κ3) is 4.18. The van der Waals surface area contributed by atoms with Gasteiger partial charge in [-0.25, -0.2) is 4.79 Å². The minimum absolute atomic E-state index is 0.0678. The van der Waals surface area contributed by atoms with Gasteiger partial charge in [0, 0.05) is 6.08 Å². The number of benzene rings is 1. The minimum atomic E-state index is -0.376. The van der Waals surface area contributed by atoms with Gasteiger partial charge in [0.15, 0.2) is 11.5 Å². The highest BCUT2D eigenvalue weighted by molar-refractivity contribution is 5.87. The van der Waals surface area contributed by atoms with E-state index in [0.29, 0.717) is 12.4 Å². The molecule has 0 aromatic heterocycles. The fourth-order valence-corrected chi connectivity index (χ4v) is 1.21. The molecule has 0 saturated carbocycles. The Morgan fingerprint density at radius 1 is 1.47 bits per heavy atom. The van der Waals surface area contributed by atoms with E-state index in [0.717, 1.165) is 12.0 Å². The number of methoxy groups -OCH3 is 1. The zero-order valence-corrected chi connectivity index (χ0v) is 9.97. The minimum Gasteiger partial charge on any atom is -0.504 e. The molecular weight excluding hydrogens is 220 g/mol. The number of ether oxygens (including phenoxy) is 2. The lowest BCUT2D eigenvalue weighted by molar-refractivity contribution is -0.137. The summed E-state index contributed by atoms with van der Waals surface area (Å²) < 4.78 is 9.84. The average molecular weight is 236 g/mol. The van der Waals surface area contributed by atoms with Crippen LogP contribution in [0.2, 0.25) is 0 Å². The Balaban J connectivity index is 2.68. The molecule has 1 N–H and O–H groups in total. The SMILES string of the molecule is CCCOC(=O)/C=C/c1ccc(O)c(OC)c1. The molecule has 1 aromatic rings. The highest BCUT2D eigenvalue weighted by Gasteiger charge is 2.01. The lowest BCUT2D eigenvalue weighted by atomic mass is 10.2. The zero-order chi connectivity index (χ0) is 12.7. The molecule has 0 aliphatic carbocycles. The summed E-state index contributed by atoms with van der Waals surface area (Å²) in [6.45, 7) is 2.35. The van der Waals surface area contributed by atoms with Crippen molar-refractivity contribution in [2.24, 2.45) is 0 Å². The van der Waals surface area contributed by atoms with Crippen LogP contribution in [0.3, 0.4) is 0 Å². The van der Waals surface area contributed by atoms with E-state index in [1.807, 2.05) is 6.92 Å². The molecule has 0 aliphatic heterocycles. The van der Waals surface area contributed by atoms with Crippen molar-refractivity contribution in [3.63, 3.8) is 0 Å². The summed E-state index contributed by atoms with van der Waals surface area (Å²) in [7, 11) is 1.47. The molecule has 0 amide bonds. The monoisotopic (exact) mass is 236 g/mol. The van der Waals surface area contributed by atoms with Crippen LogP contribution in [0.4, 0.5) is 0 Å². The van der Waals surface area contributed by atoms with Crippen LogP contribution in [0, 0.1) is 0 Å². The predicted octanol–water partition coefficient (Wildman–Crippen LogP) is 2.37. The Labute approximate surface area is 100 Å². The number of rotatable bonds is 5. The van der Waals surface area contributed by atoms with Gasteiger partial charge >= 0.3 is 5.97 Å². The summed E-state index contributed by atoms with van der Waals surface area (Å²) in [4.78, 5) is 11.2. The molecule has 4 nitrogen and oxygen atoms in total. The van der Waals surface area contributed by atoms with E-state index >= 15 is 0 Å². The molecule has 1 rings (SSSR count). The van der Waals surface area contributed by atoms with Crippen molar-refractivity contribution < 1.29 is 19.4 Å². The van der Waals surface area contributed by atoms with E-state index in [9.17, 15) is 9.90 Å². The van der Waals surface area contributed by atoms with Crippen LogP contribution < -0.4 is 4.74 Å². The number of esters is 1. The average Bonchev–Trinajstić information content (AvgIpc) is 2.35. The molecule has 4 heteroatoms. The Bertz CT molecular complexity index is 410. The Morgan fingerprint density at radius 3 is 2.88 bits per heavy atom. The van der Waals surface area contributed by atoms with Crippen LogP contribution in [0.1, 0.15) is 18.9 Å².